The summed E-state index contributed by atoms with van der Waals surface area (Å²) >= 11 is 1.67. The standard InChI is InChI=1S/C25H32N4O4S/c1-16-21(14-34-15-27-16)19-8-6-18(7-9-19)12-26-24(32)23-11-20(31)13-29(23)25(33)22-5-3-4-10-28(22)17(2)30/h6-9,15,20,22-23,31H,3-5,10-14H2,1-2H3,(H,26,32)/t20-,22+,23+/m1/s1. The Balaban J connectivity index is 1.39. The molecule has 0 bridgehead atoms. The number of hydrogen-bond donors (Lipinski definition) is 2. The van der Waals surface area contributed by atoms with E-state index in [0.717, 1.165) is 35.4 Å². The summed E-state index contributed by atoms with van der Waals surface area (Å²) in [5, 5.41) is 13.2. The van der Waals surface area contributed by atoms with Gasteiger partial charge < -0.3 is 20.2 Å². The topological polar surface area (TPSA) is 102 Å². The number of amides is 3. The number of aliphatic hydroxyl groups is 1. The van der Waals surface area contributed by atoms with E-state index < -0.39 is 18.2 Å². The molecule has 0 spiro atoms. The molecule has 4 rings (SSSR count). The maximum Gasteiger partial charge on any atom is 0.246 e. The highest BCUT2D eigenvalue weighted by atomic mass is 32.2. The fourth-order valence-corrected chi connectivity index (χ4v) is 5.75. The van der Waals surface area contributed by atoms with Crippen LogP contribution in [0.3, 0.4) is 0 Å². The minimum Gasteiger partial charge on any atom is -0.391 e. The van der Waals surface area contributed by atoms with Crippen molar-refractivity contribution in [1.29, 1.82) is 0 Å². The zero-order valence-corrected chi connectivity index (χ0v) is 20.5. The maximum atomic E-state index is 13.3. The van der Waals surface area contributed by atoms with E-state index in [4.69, 9.17) is 0 Å². The van der Waals surface area contributed by atoms with Crippen molar-refractivity contribution in [2.24, 2.45) is 4.99 Å². The Hall–Kier alpha value is -2.65. The SMILES string of the molecule is CC(=O)N1CCCC[C@H]1C(=O)N1C[C@H](O)C[C@H]1C(=O)NCc1ccc(C2=C(C)N=CSC2)cc1. The predicted molar refractivity (Wildman–Crippen MR) is 133 cm³/mol. The van der Waals surface area contributed by atoms with Crippen LogP contribution in [0.15, 0.2) is 35.0 Å². The second kappa shape index (κ2) is 10.7. The van der Waals surface area contributed by atoms with Crippen LogP contribution >= 0.6 is 11.8 Å². The molecule has 0 aromatic heterocycles. The predicted octanol–water partition coefficient (Wildman–Crippen LogP) is 2.17. The van der Waals surface area contributed by atoms with E-state index in [1.807, 2.05) is 36.7 Å². The molecule has 34 heavy (non-hydrogen) atoms. The average molecular weight is 485 g/mol. The van der Waals surface area contributed by atoms with E-state index in [0.29, 0.717) is 19.5 Å². The maximum absolute atomic E-state index is 13.3. The van der Waals surface area contributed by atoms with Gasteiger partial charge in [-0.1, -0.05) is 24.3 Å². The number of β-amino-alcohol motifs (C(OH)–C–C–N with tert-alkyl or cyclic N) is 1. The Bertz CT molecular complexity index is 1010. The molecule has 3 atom stereocenters. The summed E-state index contributed by atoms with van der Waals surface area (Å²) in [5.74, 6) is 0.233. The number of likely N-dealkylation sites (tertiary alicyclic amines) is 2. The third kappa shape index (κ3) is 5.36. The number of carbonyl (C=O) groups is 3. The first-order chi connectivity index (χ1) is 16.3. The molecule has 8 nitrogen and oxygen atoms in total. The van der Waals surface area contributed by atoms with Crippen LogP contribution in [-0.4, -0.2) is 75.2 Å². The van der Waals surface area contributed by atoms with Crippen molar-refractivity contribution in [1.82, 2.24) is 15.1 Å². The number of aliphatic hydroxyl groups excluding tert-OH is 1. The molecule has 182 valence electrons. The highest BCUT2D eigenvalue weighted by Gasteiger charge is 2.43. The Morgan fingerprint density at radius 2 is 1.91 bits per heavy atom. The summed E-state index contributed by atoms with van der Waals surface area (Å²) in [6, 6.07) is 6.75. The van der Waals surface area contributed by atoms with Crippen LogP contribution in [0.5, 0.6) is 0 Å². The van der Waals surface area contributed by atoms with E-state index in [1.54, 1.807) is 16.7 Å². The van der Waals surface area contributed by atoms with Gasteiger partial charge in [0, 0.05) is 44.4 Å². The van der Waals surface area contributed by atoms with Crippen LogP contribution in [0, 0.1) is 0 Å². The lowest BCUT2D eigenvalue weighted by Gasteiger charge is -2.37. The molecule has 0 unspecified atom stereocenters. The summed E-state index contributed by atoms with van der Waals surface area (Å²) in [7, 11) is 0. The lowest BCUT2D eigenvalue weighted by Crippen LogP contribution is -2.55. The minimum atomic E-state index is -0.749. The van der Waals surface area contributed by atoms with Gasteiger partial charge in [0.2, 0.25) is 17.7 Å². The van der Waals surface area contributed by atoms with Gasteiger partial charge in [0.1, 0.15) is 12.1 Å². The minimum absolute atomic E-state index is 0.114. The van der Waals surface area contributed by atoms with Gasteiger partial charge in [0.15, 0.2) is 0 Å². The van der Waals surface area contributed by atoms with Gasteiger partial charge in [0.25, 0.3) is 0 Å². The van der Waals surface area contributed by atoms with Crippen LogP contribution in [-0.2, 0) is 20.9 Å². The van der Waals surface area contributed by atoms with Crippen molar-refractivity contribution in [3.05, 3.63) is 41.1 Å². The first-order valence-electron chi connectivity index (χ1n) is 11.8. The van der Waals surface area contributed by atoms with Gasteiger partial charge in [-0.25, -0.2) is 0 Å². The Kier molecular flexibility index (Phi) is 7.73. The average Bonchev–Trinajstić information content (AvgIpc) is 3.24. The van der Waals surface area contributed by atoms with E-state index in [-0.39, 0.29) is 30.7 Å². The zero-order valence-electron chi connectivity index (χ0n) is 19.7. The first-order valence-corrected chi connectivity index (χ1v) is 12.9. The highest BCUT2D eigenvalue weighted by Crippen LogP contribution is 2.27. The van der Waals surface area contributed by atoms with Crippen LogP contribution in [0.2, 0.25) is 0 Å². The number of rotatable bonds is 5. The third-order valence-electron chi connectivity index (χ3n) is 6.81. The van der Waals surface area contributed by atoms with Gasteiger partial charge in [-0.15, -0.1) is 11.8 Å². The van der Waals surface area contributed by atoms with Gasteiger partial charge >= 0.3 is 0 Å². The van der Waals surface area contributed by atoms with E-state index in [1.165, 1.54) is 17.4 Å². The van der Waals surface area contributed by atoms with Crippen molar-refractivity contribution in [2.75, 3.05) is 18.8 Å². The molecule has 1 aromatic rings. The number of aliphatic imine (C=N–C) groups is 1. The number of allylic oxidation sites excluding steroid dienone is 1. The van der Waals surface area contributed by atoms with E-state index >= 15 is 0 Å². The lowest BCUT2D eigenvalue weighted by molar-refractivity contribution is -0.149. The number of carbonyl (C=O) groups excluding carboxylic acids is 3. The lowest BCUT2D eigenvalue weighted by atomic mass is 10.0. The molecule has 3 aliphatic rings. The molecule has 2 fully saturated rings. The quantitative estimate of drug-likeness (QED) is 0.667. The molecule has 3 amide bonds. The molecule has 0 saturated carbocycles. The Morgan fingerprint density at radius 3 is 2.62 bits per heavy atom. The zero-order chi connectivity index (χ0) is 24.2. The number of thioether (sulfide) groups is 1. The van der Waals surface area contributed by atoms with Crippen molar-refractivity contribution >= 4 is 40.6 Å². The fraction of sp³-hybridized carbons (Fsp3) is 0.520. The second-order valence-electron chi connectivity index (χ2n) is 9.14. The van der Waals surface area contributed by atoms with E-state index in [9.17, 15) is 19.5 Å². The van der Waals surface area contributed by atoms with Gasteiger partial charge in [-0.2, -0.15) is 0 Å². The largest absolute Gasteiger partial charge is 0.391 e. The number of benzene rings is 1. The molecule has 3 aliphatic heterocycles. The van der Waals surface area contributed by atoms with Gasteiger partial charge in [-0.05, 0) is 42.9 Å². The Morgan fingerprint density at radius 1 is 1.15 bits per heavy atom. The summed E-state index contributed by atoms with van der Waals surface area (Å²) < 4.78 is 0. The highest BCUT2D eigenvalue weighted by molar-refractivity contribution is 8.12. The van der Waals surface area contributed by atoms with Crippen LogP contribution in [0.4, 0.5) is 0 Å². The molecule has 2 N–H and O–H groups in total. The number of nitrogens with one attached hydrogen (secondary N) is 1. The summed E-state index contributed by atoms with van der Waals surface area (Å²) in [6.45, 7) is 4.48. The number of nitrogens with zero attached hydrogens (tertiary/aromatic N) is 3. The molecule has 0 radical (unpaired) electrons. The molecule has 1 aromatic carbocycles. The molecular formula is C25H32N4O4S. The second-order valence-corrected chi connectivity index (χ2v) is 9.98. The Labute approximate surface area is 204 Å². The normalized spacial score (nSPS) is 25.0. The summed E-state index contributed by atoms with van der Waals surface area (Å²) in [5.41, 5.74) is 6.16. The third-order valence-corrected chi connectivity index (χ3v) is 7.52. The van der Waals surface area contributed by atoms with Gasteiger partial charge in [0.05, 0.1) is 11.7 Å². The van der Waals surface area contributed by atoms with Gasteiger partial charge in [-0.3, -0.25) is 19.4 Å². The van der Waals surface area contributed by atoms with Crippen molar-refractivity contribution < 1.29 is 19.5 Å². The van der Waals surface area contributed by atoms with Crippen molar-refractivity contribution in [3.63, 3.8) is 0 Å². The van der Waals surface area contributed by atoms with Crippen molar-refractivity contribution in [3.8, 4) is 0 Å². The molecule has 2 saturated heterocycles. The van der Waals surface area contributed by atoms with Crippen LogP contribution in [0.25, 0.3) is 5.57 Å². The number of hydrogen-bond acceptors (Lipinski definition) is 6. The van der Waals surface area contributed by atoms with E-state index in [2.05, 4.69) is 10.3 Å². The van der Waals surface area contributed by atoms with Crippen molar-refractivity contribution in [2.45, 2.75) is 64.3 Å². The molecule has 3 heterocycles. The smallest absolute Gasteiger partial charge is 0.246 e. The molecular weight excluding hydrogens is 452 g/mol. The summed E-state index contributed by atoms with van der Waals surface area (Å²) in [6.07, 6.45) is 1.78. The molecule has 0 aliphatic carbocycles. The monoisotopic (exact) mass is 484 g/mol. The number of piperidine rings is 1. The first kappa shape index (κ1) is 24.5. The van der Waals surface area contributed by atoms with Crippen LogP contribution < -0.4 is 5.32 Å². The summed E-state index contributed by atoms with van der Waals surface area (Å²) in [4.78, 5) is 45.8. The fourth-order valence-electron chi connectivity index (χ4n) is 4.90. The molecule has 9 heteroatoms. The van der Waals surface area contributed by atoms with Crippen LogP contribution in [0.1, 0.15) is 50.7 Å².